The molecule has 2 amide bonds. The lowest BCUT2D eigenvalue weighted by Crippen LogP contribution is -2.50. The second-order valence-electron chi connectivity index (χ2n) is 8.29. The van der Waals surface area contributed by atoms with Gasteiger partial charge in [0.2, 0.25) is 10.0 Å². The Bertz CT molecular complexity index is 1040. The van der Waals surface area contributed by atoms with Crippen molar-refractivity contribution in [2.45, 2.75) is 38.6 Å². The predicted molar refractivity (Wildman–Crippen MR) is 121 cm³/mol. The molecule has 9 heteroatoms. The molecule has 2 aliphatic heterocycles. The molecule has 0 radical (unpaired) electrons. The van der Waals surface area contributed by atoms with Gasteiger partial charge in [-0.1, -0.05) is 12.1 Å². The molecule has 1 spiro atoms. The zero-order valence-corrected chi connectivity index (χ0v) is 19.3. The van der Waals surface area contributed by atoms with Gasteiger partial charge in [0.05, 0.1) is 5.75 Å². The monoisotopic (exact) mass is 446 g/mol. The van der Waals surface area contributed by atoms with Crippen LogP contribution in [0.1, 0.15) is 41.3 Å². The summed E-state index contributed by atoms with van der Waals surface area (Å²) < 4.78 is 27.3. The second kappa shape index (κ2) is 8.92. The molecule has 1 fully saturated rings. The van der Waals surface area contributed by atoms with Gasteiger partial charge < -0.3 is 10.2 Å². The molecule has 0 atom stereocenters. The number of rotatable bonds is 6. The molecule has 3 rings (SSSR count). The van der Waals surface area contributed by atoms with Crippen LogP contribution in [0.2, 0.25) is 0 Å². The number of amides is 2. The van der Waals surface area contributed by atoms with Crippen molar-refractivity contribution in [1.29, 1.82) is 0 Å². The Balaban J connectivity index is 1.63. The van der Waals surface area contributed by atoms with Crippen molar-refractivity contribution >= 4 is 27.7 Å². The van der Waals surface area contributed by atoms with Crippen molar-refractivity contribution < 1.29 is 18.0 Å². The van der Waals surface area contributed by atoms with E-state index in [0.717, 1.165) is 11.1 Å². The van der Waals surface area contributed by atoms with Gasteiger partial charge in [-0.2, -0.15) is 0 Å². The minimum Gasteiger partial charge on any atom is -0.345 e. The fourth-order valence-electron chi connectivity index (χ4n) is 3.99. The van der Waals surface area contributed by atoms with Gasteiger partial charge in [0, 0.05) is 32.7 Å². The summed E-state index contributed by atoms with van der Waals surface area (Å²) in [5.41, 5.74) is 1.53. The van der Waals surface area contributed by atoms with Gasteiger partial charge in [-0.3, -0.25) is 14.6 Å². The number of benzene rings is 1. The lowest BCUT2D eigenvalue weighted by molar-refractivity contribution is -0.124. The Morgan fingerprint density at radius 1 is 1.29 bits per heavy atom. The third-order valence-corrected chi connectivity index (χ3v) is 7.76. The molecular weight excluding hydrogens is 416 g/mol. The first-order chi connectivity index (χ1) is 14.6. The molecule has 1 N–H and O–H groups in total. The average Bonchev–Trinajstić information content (AvgIpc) is 3.01. The first-order valence-corrected chi connectivity index (χ1v) is 12.0. The van der Waals surface area contributed by atoms with E-state index in [2.05, 4.69) is 10.3 Å². The third kappa shape index (κ3) is 4.88. The zero-order valence-electron chi connectivity index (χ0n) is 18.5. The number of hydrogen-bond acceptors (Lipinski definition) is 5. The molecule has 0 aromatic heterocycles. The number of allylic oxidation sites excluding steroid dienone is 1. The standard InChI is InChI=1S/C22H30N4O4S/c1-5-6-19-23-21(28)22(24-19)10-12-26(13-11-22)31(29,30)14-9-17-7-8-18(15-16(17)2)20(27)25(3)4/h5-8,15H,9-14H2,1-4H3,(H,23,24,28)/b6-5+. The Morgan fingerprint density at radius 3 is 2.55 bits per heavy atom. The van der Waals surface area contributed by atoms with Crippen molar-refractivity contribution in [2.75, 3.05) is 32.9 Å². The van der Waals surface area contributed by atoms with E-state index in [1.54, 1.807) is 32.3 Å². The molecule has 0 aliphatic carbocycles. The van der Waals surface area contributed by atoms with E-state index in [1.807, 2.05) is 26.0 Å². The number of nitrogens with zero attached hydrogens (tertiary/aromatic N) is 3. The van der Waals surface area contributed by atoms with Crippen LogP contribution in [-0.2, 0) is 21.2 Å². The van der Waals surface area contributed by atoms with E-state index in [0.29, 0.717) is 30.7 Å². The Labute approximate surface area is 184 Å². The van der Waals surface area contributed by atoms with Crippen LogP contribution in [0.15, 0.2) is 35.3 Å². The van der Waals surface area contributed by atoms with Crippen molar-refractivity contribution in [1.82, 2.24) is 14.5 Å². The van der Waals surface area contributed by atoms with Gasteiger partial charge in [-0.15, -0.1) is 0 Å². The van der Waals surface area contributed by atoms with Crippen molar-refractivity contribution in [3.05, 3.63) is 47.0 Å². The van der Waals surface area contributed by atoms with E-state index in [1.165, 1.54) is 9.21 Å². The lowest BCUT2D eigenvalue weighted by atomic mass is 9.89. The summed E-state index contributed by atoms with van der Waals surface area (Å²) in [6, 6.07) is 5.36. The van der Waals surface area contributed by atoms with Crippen molar-refractivity contribution in [3.63, 3.8) is 0 Å². The van der Waals surface area contributed by atoms with Crippen LogP contribution in [0.25, 0.3) is 0 Å². The number of amidine groups is 1. The molecule has 1 aromatic rings. The van der Waals surface area contributed by atoms with Gasteiger partial charge in [-0.25, -0.2) is 12.7 Å². The van der Waals surface area contributed by atoms with Gasteiger partial charge in [-0.05, 0) is 62.4 Å². The van der Waals surface area contributed by atoms with E-state index < -0.39 is 15.6 Å². The second-order valence-corrected chi connectivity index (χ2v) is 10.4. The highest BCUT2D eigenvalue weighted by atomic mass is 32.2. The molecular formula is C22H30N4O4S. The zero-order chi connectivity index (χ0) is 22.8. The Morgan fingerprint density at radius 2 is 1.97 bits per heavy atom. The van der Waals surface area contributed by atoms with E-state index >= 15 is 0 Å². The van der Waals surface area contributed by atoms with Crippen LogP contribution < -0.4 is 5.32 Å². The third-order valence-electron chi connectivity index (χ3n) is 5.89. The molecule has 8 nitrogen and oxygen atoms in total. The quantitative estimate of drug-likeness (QED) is 0.716. The van der Waals surface area contributed by atoms with E-state index in [9.17, 15) is 18.0 Å². The van der Waals surface area contributed by atoms with Crippen LogP contribution in [0.5, 0.6) is 0 Å². The Kier molecular flexibility index (Phi) is 6.66. The minimum atomic E-state index is -3.46. The molecule has 168 valence electrons. The SMILES string of the molecule is C/C=C/C1=NC2(CCN(S(=O)(=O)CCc3ccc(C(=O)N(C)C)cc3C)CC2)C(=O)N1. The van der Waals surface area contributed by atoms with Crippen molar-refractivity contribution in [2.24, 2.45) is 4.99 Å². The largest absolute Gasteiger partial charge is 0.345 e. The summed E-state index contributed by atoms with van der Waals surface area (Å²) >= 11 is 0. The number of nitrogens with one attached hydrogen (secondary N) is 1. The van der Waals surface area contributed by atoms with Crippen molar-refractivity contribution in [3.8, 4) is 0 Å². The molecule has 31 heavy (non-hydrogen) atoms. The average molecular weight is 447 g/mol. The maximum absolute atomic E-state index is 12.9. The smallest absolute Gasteiger partial charge is 0.253 e. The summed E-state index contributed by atoms with van der Waals surface area (Å²) in [4.78, 5) is 30.5. The van der Waals surface area contributed by atoms with Crippen LogP contribution in [0, 0.1) is 6.92 Å². The normalized spacial score (nSPS) is 19.0. The van der Waals surface area contributed by atoms with Gasteiger partial charge in [0.15, 0.2) is 0 Å². The van der Waals surface area contributed by atoms with Gasteiger partial charge >= 0.3 is 0 Å². The Hall–Kier alpha value is -2.52. The molecule has 0 bridgehead atoms. The molecule has 1 saturated heterocycles. The van der Waals surface area contributed by atoms with Crippen LogP contribution in [-0.4, -0.2) is 73.7 Å². The summed E-state index contributed by atoms with van der Waals surface area (Å²) in [5, 5.41) is 2.77. The van der Waals surface area contributed by atoms with Gasteiger partial charge in [0.1, 0.15) is 11.4 Å². The lowest BCUT2D eigenvalue weighted by Gasteiger charge is -2.34. The number of sulfonamides is 1. The molecule has 1 aromatic carbocycles. The highest BCUT2D eigenvalue weighted by Gasteiger charge is 2.46. The van der Waals surface area contributed by atoms with Crippen LogP contribution in [0.3, 0.4) is 0 Å². The molecule has 2 heterocycles. The summed E-state index contributed by atoms with van der Waals surface area (Å²) in [5.74, 6) is 0.290. The first-order valence-electron chi connectivity index (χ1n) is 10.4. The van der Waals surface area contributed by atoms with Crippen LogP contribution in [0.4, 0.5) is 0 Å². The fourth-order valence-corrected chi connectivity index (χ4v) is 5.46. The summed E-state index contributed by atoms with van der Waals surface area (Å²) in [7, 11) is -0.0673. The molecule has 2 aliphatic rings. The fraction of sp³-hybridized carbons (Fsp3) is 0.500. The number of carbonyl (C=O) groups excluding carboxylic acids is 2. The number of hydrogen-bond donors (Lipinski definition) is 1. The number of aliphatic imine (C=N–C) groups is 1. The summed E-state index contributed by atoms with van der Waals surface area (Å²) in [6.07, 6.45) is 4.67. The van der Waals surface area contributed by atoms with E-state index in [-0.39, 0.29) is 30.7 Å². The van der Waals surface area contributed by atoms with Crippen LogP contribution >= 0.6 is 0 Å². The van der Waals surface area contributed by atoms with Gasteiger partial charge in [0.25, 0.3) is 11.8 Å². The predicted octanol–water partition coefficient (Wildman–Crippen LogP) is 1.51. The topological polar surface area (TPSA) is 99.2 Å². The van der Waals surface area contributed by atoms with E-state index in [4.69, 9.17) is 0 Å². The first kappa shape index (κ1) is 23.1. The number of carbonyl (C=O) groups is 2. The highest BCUT2D eigenvalue weighted by Crippen LogP contribution is 2.31. The molecule has 0 unspecified atom stereocenters. The maximum Gasteiger partial charge on any atom is 0.253 e. The number of piperidine rings is 1. The minimum absolute atomic E-state index is 0.0128. The molecule has 0 saturated carbocycles. The number of aryl methyl sites for hydroxylation is 2. The highest BCUT2D eigenvalue weighted by molar-refractivity contribution is 7.89. The summed E-state index contributed by atoms with van der Waals surface area (Å²) in [6.45, 7) is 4.29. The maximum atomic E-state index is 12.9.